The van der Waals surface area contributed by atoms with E-state index >= 15 is 0 Å². The van der Waals surface area contributed by atoms with E-state index in [1.165, 1.54) is 308 Å². The molecule has 3 N–H and O–H groups in total. The molecule has 8 nitrogen and oxygen atoms in total. The van der Waals surface area contributed by atoms with Crippen molar-refractivity contribution >= 4 is 13.7 Å². The van der Waals surface area contributed by atoms with Crippen molar-refractivity contribution in [1.29, 1.82) is 0 Å². The maximum atomic E-state index is 13.1. The van der Waals surface area contributed by atoms with Gasteiger partial charge in [-0.25, -0.2) is 4.57 Å². The van der Waals surface area contributed by atoms with Crippen LogP contribution in [-0.2, 0) is 18.4 Å². The number of likely N-dealkylation sites (N-methyl/N-ethyl adjacent to an activating group) is 1. The van der Waals surface area contributed by atoms with E-state index in [1.807, 2.05) is 27.2 Å². The summed E-state index contributed by atoms with van der Waals surface area (Å²) in [7, 11) is 1.56. The van der Waals surface area contributed by atoms with Gasteiger partial charge < -0.3 is 19.8 Å². The van der Waals surface area contributed by atoms with Crippen molar-refractivity contribution in [3.8, 4) is 0 Å². The molecule has 3 atom stereocenters. The lowest BCUT2D eigenvalue weighted by molar-refractivity contribution is -0.870. The zero-order chi connectivity index (χ0) is 61.2. The number of quaternary nitrogens is 1. The highest BCUT2D eigenvalue weighted by atomic mass is 31.2. The monoisotopic (exact) mass is 1200 g/mol. The fourth-order valence-corrected chi connectivity index (χ4v) is 12.0. The summed E-state index contributed by atoms with van der Waals surface area (Å²) < 4.78 is 23.8. The number of aliphatic hydroxyl groups excluding tert-OH is 1. The van der Waals surface area contributed by atoms with Crippen LogP contribution in [0.25, 0.3) is 0 Å². The van der Waals surface area contributed by atoms with E-state index in [2.05, 4.69) is 55.6 Å². The number of nitrogens with zero attached hydrogens (tertiary/aromatic N) is 1. The van der Waals surface area contributed by atoms with Gasteiger partial charge in [0.25, 0.3) is 0 Å². The van der Waals surface area contributed by atoms with Gasteiger partial charge in [0, 0.05) is 6.42 Å². The Hall–Kier alpha value is -1.54. The van der Waals surface area contributed by atoms with Crippen LogP contribution in [0.2, 0.25) is 0 Å². The molecule has 1 amide bonds. The Bertz CT molecular complexity index is 1510. The maximum absolute atomic E-state index is 13.1. The highest BCUT2D eigenvalue weighted by molar-refractivity contribution is 7.47. The summed E-state index contributed by atoms with van der Waals surface area (Å²) in [6.07, 6.45) is 90.1. The molecule has 0 aliphatic heterocycles. The summed E-state index contributed by atoms with van der Waals surface area (Å²) in [5, 5.41) is 14.0. The molecule has 9 heteroatoms. The van der Waals surface area contributed by atoms with Crippen LogP contribution in [0, 0.1) is 0 Å². The zero-order valence-electron chi connectivity index (χ0n) is 56.9. The zero-order valence-corrected chi connectivity index (χ0v) is 57.8. The summed E-state index contributed by atoms with van der Waals surface area (Å²) in [6, 6.07) is -0.871. The van der Waals surface area contributed by atoms with E-state index in [0.29, 0.717) is 17.4 Å². The summed E-state index contributed by atoms with van der Waals surface area (Å²) in [6.45, 7) is 4.84. The van der Waals surface area contributed by atoms with Gasteiger partial charge in [-0.05, 0) is 70.6 Å². The number of carbonyl (C=O) groups is 1. The van der Waals surface area contributed by atoms with Crippen LogP contribution in [0.15, 0.2) is 48.6 Å². The number of unbranched alkanes of at least 4 members (excludes halogenated alkanes) is 50. The number of rotatable bonds is 69. The molecular formula is C75H146N2O6P+. The number of carbonyl (C=O) groups excluding carboxylic acids is 1. The van der Waals surface area contributed by atoms with Crippen molar-refractivity contribution in [2.45, 2.75) is 386 Å². The molecule has 0 aromatic carbocycles. The molecule has 0 heterocycles. The van der Waals surface area contributed by atoms with Crippen LogP contribution in [0.3, 0.4) is 0 Å². The third-order valence-corrected chi connectivity index (χ3v) is 18.0. The van der Waals surface area contributed by atoms with Gasteiger partial charge in [0.2, 0.25) is 5.91 Å². The number of aliphatic hydroxyl groups is 1. The number of amides is 1. The molecule has 0 aromatic rings. The second-order valence-electron chi connectivity index (χ2n) is 26.7. The molecule has 0 aromatic heterocycles. The van der Waals surface area contributed by atoms with Crippen LogP contribution < -0.4 is 5.32 Å². The normalized spacial score (nSPS) is 13.8. The predicted molar refractivity (Wildman–Crippen MR) is 369 cm³/mol. The molecule has 0 spiro atoms. The molecule has 0 rings (SSSR count). The van der Waals surface area contributed by atoms with Crippen molar-refractivity contribution in [3.05, 3.63) is 48.6 Å². The van der Waals surface area contributed by atoms with Crippen LogP contribution in [-0.4, -0.2) is 73.4 Å². The van der Waals surface area contributed by atoms with Crippen molar-refractivity contribution in [2.75, 3.05) is 40.9 Å². The van der Waals surface area contributed by atoms with Crippen molar-refractivity contribution in [2.24, 2.45) is 0 Å². The van der Waals surface area contributed by atoms with Gasteiger partial charge in [0.15, 0.2) is 0 Å². The SMILES string of the molecule is CCCCCCCCCCCCCCC/C=C/CC/C=C/CC/C=C/C(O)C(COP(=O)(O)OCC[N+](C)(C)C)NC(=O)CCCCCCCCCCCCCCCCCCC/C=C\CCCCCCCCCCCCCCCCCCCC. The molecular weight excluding hydrogens is 1060 g/mol. The van der Waals surface area contributed by atoms with E-state index in [4.69, 9.17) is 9.05 Å². The van der Waals surface area contributed by atoms with Gasteiger partial charge in [0.1, 0.15) is 13.2 Å². The Balaban J connectivity index is 3.99. The van der Waals surface area contributed by atoms with E-state index in [-0.39, 0.29) is 19.1 Å². The minimum Gasteiger partial charge on any atom is -0.387 e. The number of hydrogen-bond acceptors (Lipinski definition) is 5. The fourth-order valence-electron chi connectivity index (χ4n) is 11.3. The Labute approximate surface area is 524 Å². The second-order valence-corrected chi connectivity index (χ2v) is 28.1. The number of allylic oxidation sites excluding steroid dienone is 7. The van der Waals surface area contributed by atoms with E-state index in [9.17, 15) is 19.4 Å². The maximum Gasteiger partial charge on any atom is 0.472 e. The number of nitrogens with one attached hydrogen (secondary N) is 1. The molecule has 84 heavy (non-hydrogen) atoms. The quantitative estimate of drug-likeness (QED) is 0.0243. The summed E-state index contributed by atoms with van der Waals surface area (Å²) in [5.41, 5.74) is 0. The Morgan fingerprint density at radius 3 is 0.952 bits per heavy atom. The molecule has 0 aliphatic carbocycles. The summed E-state index contributed by atoms with van der Waals surface area (Å²) >= 11 is 0. The van der Waals surface area contributed by atoms with Gasteiger partial charge in [-0.1, -0.05) is 345 Å². The van der Waals surface area contributed by atoms with Gasteiger partial charge in [-0.2, -0.15) is 0 Å². The van der Waals surface area contributed by atoms with Crippen LogP contribution in [0.1, 0.15) is 373 Å². The average molecular weight is 1200 g/mol. The number of hydrogen-bond donors (Lipinski definition) is 3. The fraction of sp³-hybridized carbons (Fsp3) is 0.880. The molecule has 0 aliphatic rings. The summed E-state index contributed by atoms with van der Waals surface area (Å²) in [4.78, 5) is 23.4. The first-order chi connectivity index (χ1) is 41.0. The molecule has 0 bridgehead atoms. The smallest absolute Gasteiger partial charge is 0.387 e. The van der Waals surface area contributed by atoms with Crippen LogP contribution in [0.5, 0.6) is 0 Å². The third-order valence-electron chi connectivity index (χ3n) is 17.0. The van der Waals surface area contributed by atoms with E-state index in [1.54, 1.807) is 6.08 Å². The van der Waals surface area contributed by atoms with Gasteiger partial charge in [-0.15, -0.1) is 0 Å². The lowest BCUT2D eigenvalue weighted by atomic mass is 10.0. The van der Waals surface area contributed by atoms with Crippen LogP contribution >= 0.6 is 7.82 Å². The topological polar surface area (TPSA) is 105 Å². The lowest BCUT2D eigenvalue weighted by Gasteiger charge is -2.25. The van der Waals surface area contributed by atoms with Crippen molar-refractivity contribution < 1.29 is 32.9 Å². The highest BCUT2D eigenvalue weighted by Gasteiger charge is 2.28. The van der Waals surface area contributed by atoms with E-state index < -0.39 is 20.0 Å². The molecule has 496 valence electrons. The van der Waals surface area contributed by atoms with Gasteiger partial charge in [0.05, 0.1) is 39.9 Å². The Morgan fingerprint density at radius 1 is 0.393 bits per heavy atom. The summed E-state index contributed by atoms with van der Waals surface area (Å²) in [5.74, 6) is -0.185. The average Bonchev–Trinajstić information content (AvgIpc) is 3.56. The van der Waals surface area contributed by atoms with Gasteiger partial charge in [-0.3, -0.25) is 13.8 Å². The highest BCUT2D eigenvalue weighted by Crippen LogP contribution is 2.43. The first kappa shape index (κ1) is 82.5. The second kappa shape index (κ2) is 65.9. The van der Waals surface area contributed by atoms with Crippen molar-refractivity contribution in [3.63, 3.8) is 0 Å². The Kier molecular flexibility index (Phi) is 64.7. The number of phosphoric ester groups is 1. The van der Waals surface area contributed by atoms with Gasteiger partial charge >= 0.3 is 7.82 Å². The number of phosphoric acid groups is 1. The Morgan fingerprint density at radius 2 is 0.655 bits per heavy atom. The molecule has 0 saturated heterocycles. The predicted octanol–water partition coefficient (Wildman–Crippen LogP) is 23.8. The minimum atomic E-state index is -4.37. The van der Waals surface area contributed by atoms with Crippen LogP contribution in [0.4, 0.5) is 0 Å². The minimum absolute atomic E-state index is 0.0542. The standard InChI is InChI=1S/C75H145N2O6P/c1-6-8-10-12-14-16-18-20-22-24-26-28-30-31-32-33-34-35-36-37-38-39-40-41-42-43-44-45-47-49-51-53-55-57-59-61-63-65-67-69-75(79)76-73(72-83-84(80,81)82-71-70-77(3,4)5)74(78)68-66-64-62-60-58-56-54-52-50-48-46-29-27-25-23-21-19-17-15-13-11-9-7-2/h37-38,50,52,58,60,66,68,73-74,78H,6-36,39-49,51,53-57,59,61-65,67,69-72H2,1-5H3,(H-,76,79,80,81)/p+1/b38-37-,52-50+,60-58+,68-66+. The third kappa shape index (κ3) is 68.0. The molecule has 0 fully saturated rings. The first-order valence-corrected chi connectivity index (χ1v) is 38.5. The first-order valence-electron chi connectivity index (χ1n) is 37.0. The van der Waals surface area contributed by atoms with E-state index in [0.717, 1.165) is 44.9 Å². The largest absolute Gasteiger partial charge is 0.472 e. The van der Waals surface area contributed by atoms with Crippen molar-refractivity contribution in [1.82, 2.24) is 5.32 Å². The lowest BCUT2D eigenvalue weighted by Crippen LogP contribution is -2.45. The molecule has 3 unspecified atom stereocenters. The molecule has 0 saturated carbocycles. The molecule has 0 radical (unpaired) electrons.